The number of hydrogen-bond acceptors (Lipinski definition) is 5. The standard InChI is InChI=1S/C25H36N4O2S/c1-3-7-20(14-21(26)16-32-17-28-18(2)30)24-15-29(13-12-27-24)25(31)23-11-6-9-19-8-4-5-10-22(19)23/h4-6,8-11,20-21,24,27H,3,7,12-17,26H2,1-2H3,(H,28,30)/t20?,21-,24-/m1/s1. The van der Waals surface area contributed by atoms with E-state index in [4.69, 9.17) is 5.73 Å². The second kappa shape index (κ2) is 12.2. The summed E-state index contributed by atoms with van der Waals surface area (Å²) < 4.78 is 0. The van der Waals surface area contributed by atoms with E-state index in [-0.39, 0.29) is 23.9 Å². The van der Waals surface area contributed by atoms with Crippen molar-refractivity contribution in [2.75, 3.05) is 31.3 Å². The summed E-state index contributed by atoms with van der Waals surface area (Å²) in [6, 6.07) is 14.3. The van der Waals surface area contributed by atoms with Crippen LogP contribution >= 0.6 is 11.8 Å². The highest BCUT2D eigenvalue weighted by atomic mass is 32.2. The molecule has 1 aliphatic rings. The third kappa shape index (κ3) is 6.70. The Morgan fingerprint density at radius 1 is 1.25 bits per heavy atom. The SMILES string of the molecule is CCCC(C[C@@H](N)CSCNC(C)=O)[C@H]1CN(C(=O)c2cccc3ccccc23)CCN1. The van der Waals surface area contributed by atoms with E-state index in [1.54, 1.807) is 11.8 Å². The van der Waals surface area contributed by atoms with Gasteiger partial charge in [0.2, 0.25) is 5.91 Å². The number of nitrogens with one attached hydrogen (secondary N) is 2. The fourth-order valence-corrected chi connectivity index (χ4v) is 5.40. The first-order chi connectivity index (χ1) is 15.5. The molecule has 0 spiro atoms. The number of nitrogens with zero attached hydrogens (tertiary/aromatic N) is 1. The van der Waals surface area contributed by atoms with Crippen LogP contribution in [0.1, 0.15) is 43.5 Å². The third-order valence-electron chi connectivity index (χ3n) is 6.10. The molecule has 0 aromatic heterocycles. The lowest BCUT2D eigenvalue weighted by Gasteiger charge is -2.39. The quantitative estimate of drug-likeness (QED) is 0.377. The molecule has 4 N–H and O–H groups in total. The molecule has 1 saturated heterocycles. The molecule has 6 nitrogen and oxygen atoms in total. The molecule has 2 aromatic carbocycles. The molecule has 2 amide bonds. The number of thioether (sulfide) groups is 1. The Kier molecular flexibility index (Phi) is 9.38. The molecule has 2 aromatic rings. The van der Waals surface area contributed by atoms with Crippen LogP contribution < -0.4 is 16.4 Å². The lowest BCUT2D eigenvalue weighted by atomic mass is 9.87. The Morgan fingerprint density at radius 3 is 2.81 bits per heavy atom. The smallest absolute Gasteiger partial charge is 0.254 e. The van der Waals surface area contributed by atoms with Crippen LogP contribution in [-0.2, 0) is 4.79 Å². The maximum atomic E-state index is 13.4. The number of carbonyl (C=O) groups excluding carboxylic acids is 2. The summed E-state index contributed by atoms with van der Waals surface area (Å²) in [5.74, 6) is 1.91. The van der Waals surface area contributed by atoms with Gasteiger partial charge in [0.1, 0.15) is 0 Å². The maximum Gasteiger partial charge on any atom is 0.254 e. The van der Waals surface area contributed by atoms with Gasteiger partial charge in [0.05, 0.1) is 5.88 Å². The van der Waals surface area contributed by atoms with Gasteiger partial charge in [-0.25, -0.2) is 0 Å². The minimum atomic E-state index is -0.0164. The molecule has 7 heteroatoms. The Hall–Kier alpha value is -2.09. The second-order valence-electron chi connectivity index (χ2n) is 8.63. The van der Waals surface area contributed by atoms with E-state index in [1.165, 1.54) is 6.92 Å². The highest BCUT2D eigenvalue weighted by Gasteiger charge is 2.30. The molecular formula is C25H36N4O2S. The van der Waals surface area contributed by atoms with Crippen molar-refractivity contribution in [1.29, 1.82) is 0 Å². The van der Waals surface area contributed by atoms with E-state index >= 15 is 0 Å². The molecule has 0 radical (unpaired) electrons. The number of fused-ring (bicyclic) bond motifs is 1. The molecule has 174 valence electrons. The van der Waals surface area contributed by atoms with Gasteiger partial charge in [-0.1, -0.05) is 49.7 Å². The van der Waals surface area contributed by atoms with Crippen LogP contribution in [0.4, 0.5) is 0 Å². The van der Waals surface area contributed by atoms with E-state index in [0.717, 1.165) is 54.4 Å². The lowest BCUT2D eigenvalue weighted by molar-refractivity contribution is -0.118. The van der Waals surface area contributed by atoms with Crippen molar-refractivity contribution in [1.82, 2.24) is 15.5 Å². The Balaban J connectivity index is 1.63. The predicted octanol–water partition coefficient (Wildman–Crippen LogP) is 3.21. The highest BCUT2D eigenvalue weighted by Crippen LogP contribution is 2.24. The van der Waals surface area contributed by atoms with Crippen molar-refractivity contribution >= 4 is 34.3 Å². The number of hydrogen-bond donors (Lipinski definition) is 3. The lowest BCUT2D eigenvalue weighted by Crippen LogP contribution is -2.56. The van der Waals surface area contributed by atoms with Gasteiger partial charge in [-0.2, -0.15) is 0 Å². The normalized spacial score (nSPS) is 18.3. The van der Waals surface area contributed by atoms with Gasteiger partial charge in [0.25, 0.3) is 5.91 Å². The molecular weight excluding hydrogens is 420 g/mol. The molecule has 0 bridgehead atoms. The molecule has 1 aliphatic heterocycles. The zero-order valence-corrected chi connectivity index (χ0v) is 20.0. The number of carbonyl (C=O) groups is 2. The average Bonchev–Trinajstić information content (AvgIpc) is 2.80. The zero-order chi connectivity index (χ0) is 22.9. The largest absolute Gasteiger partial charge is 0.347 e. The molecule has 1 fully saturated rings. The Bertz CT molecular complexity index is 901. The van der Waals surface area contributed by atoms with Gasteiger partial charge in [0, 0.05) is 50.0 Å². The van der Waals surface area contributed by atoms with E-state index in [9.17, 15) is 9.59 Å². The second-order valence-corrected chi connectivity index (χ2v) is 9.66. The Morgan fingerprint density at radius 2 is 2.03 bits per heavy atom. The van der Waals surface area contributed by atoms with Gasteiger partial charge in [-0.3, -0.25) is 9.59 Å². The number of piperazine rings is 1. The third-order valence-corrected chi connectivity index (χ3v) is 7.11. The molecule has 32 heavy (non-hydrogen) atoms. The van der Waals surface area contributed by atoms with Gasteiger partial charge in [-0.15, -0.1) is 11.8 Å². The topological polar surface area (TPSA) is 87.5 Å². The summed E-state index contributed by atoms with van der Waals surface area (Å²) in [6.07, 6.45) is 3.08. The fourth-order valence-electron chi connectivity index (χ4n) is 4.53. The van der Waals surface area contributed by atoms with E-state index in [2.05, 4.69) is 29.7 Å². The average molecular weight is 457 g/mol. The van der Waals surface area contributed by atoms with E-state index < -0.39 is 0 Å². The summed E-state index contributed by atoms with van der Waals surface area (Å²) in [5, 5.41) is 8.56. The summed E-state index contributed by atoms with van der Waals surface area (Å²) in [5.41, 5.74) is 7.21. The number of nitrogens with two attached hydrogens (primary N) is 1. The summed E-state index contributed by atoms with van der Waals surface area (Å²) in [4.78, 5) is 26.5. The molecule has 3 rings (SSSR count). The van der Waals surface area contributed by atoms with Gasteiger partial charge < -0.3 is 21.3 Å². The molecule has 0 saturated carbocycles. The van der Waals surface area contributed by atoms with Crippen LogP contribution in [0.2, 0.25) is 0 Å². The molecule has 0 aliphatic carbocycles. The Labute approximate surface area is 195 Å². The minimum absolute atomic E-state index is 0.0164. The molecule has 1 unspecified atom stereocenters. The first-order valence-corrected chi connectivity index (χ1v) is 12.7. The monoisotopic (exact) mass is 456 g/mol. The summed E-state index contributed by atoms with van der Waals surface area (Å²) in [7, 11) is 0. The van der Waals surface area contributed by atoms with Crippen molar-refractivity contribution < 1.29 is 9.59 Å². The van der Waals surface area contributed by atoms with Crippen LogP contribution in [0.15, 0.2) is 42.5 Å². The number of benzene rings is 2. The van der Waals surface area contributed by atoms with Crippen molar-refractivity contribution in [3.63, 3.8) is 0 Å². The maximum absolute atomic E-state index is 13.4. The number of amides is 2. The van der Waals surface area contributed by atoms with E-state index in [1.807, 2.05) is 35.2 Å². The first kappa shape index (κ1) is 24.6. The van der Waals surface area contributed by atoms with Crippen molar-refractivity contribution in [3.8, 4) is 0 Å². The highest BCUT2D eigenvalue weighted by molar-refractivity contribution is 7.99. The van der Waals surface area contributed by atoms with Gasteiger partial charge >= 0.3 is 0 Å². The van der Waals surface area contributed by atoms with Crippen LogP contribution in [0, 0.1) is 5.92 Å². The summed E-state index contributed by atoms with van der Waals surface area (Å²) >= 11 is 1.66. The van der Waals surface area contributed by atoms with Crippen LogP contribution in [0.5, 0.6) is 0 Å². The fraction of sp³-hybridized carbons (Fsp3) is 0.520. The van der Waals surface area contributed by atoms with E-state index in [0.29, 0.717) is 18.3 Å². The van der Waals surface area contributed by atoms with Crippen LogP contribution in [0.25, 0.3) is 10.8 Å². The van der Waals surface area contributed by atoms with Gasteiger partial charge in [0.15, 0.2) is 0 Å². The molecule has 1 heterocycles. The number of rotatable bonds is 10. The molecule has 3 atom stereocenters. The zero-order valence-electron chi connectivity index (χ0n) is 19.2. The van der Waals surface area contributed by atoms with Crippen molar-refractivity contribution in [2.45, 2.75) is 45.2 Å². The van der Waals surface area contributed by atoms with Crippen molar-refractivity contribution in [2.24, 2.45) is 11.7 Å². The van der Waals surface area contributed by atoms with Crippen molar-refractivity contribution in [3.05, 3.63) is 48.0 Å². The van der Waals surface area contributed by atoms with Crippen LogP contribution in [-0.4, -0.2) is 60.1 Å². The van der Waals surface area contributed by atoms with Crippen LogP contribution in [0.3, 0.4) is 0 Å². The van der Waals surface area contributed by atoms with Gasteiger partial charge in [-0.05, 0) is 35.6 Å². The predicted molar refractivity (Wildman–Crippen MR) is 134 cm³/mol. The minimum Gasteiger partial charge on any atom is -0.347 e. The first-order valence-electron chi connectivity index (χ1n) is 11.6. The summed E-state index contributed by atoms with van der Waals surface area (Å²) in [6.45, 7) is 5.95.